The number of aliphatic hydroxyl groups is 1. The van der Waals surface area contributed by atoms with Gasteiger partial charge in [-0.2, -0.15) is 0 Å². The van der Waals surface area contributed by atoms with Gasteiger partial charge in [0.25, 0.3) is 0 Å². The molecule has 0 saturated carbocycles. The molecule has 2 heterocycles. The number of nitrogens with two attached hydrogens (primary N) is 5. The zero-order chi connectivity index (χ0) is 31.4. The number of rotatable bonds is 15. The molecular weight excluding hydrogens is 554 g/mol. The average Bonchev–Trinajstić information content (AvgIpc) is 3.57. The molecule has 0 bridgehead atoms. The third-order valence-electron chi connectivity index (χ3n) is 6.96. The van der Waals surface area contributed by atoms with Gasteiger partial charge >= 0.3 is 5.97 Å². The van der Waals surface area contributed by atoms with Crippen LogP contribution in [0.4, 0.5) is 0 Å². The number of guanidine groups is 2. The van der Waals surface area contributed by atoms with Gasteiger partial charge in [0.05, 0.1) is 12.1 Å². The maximum Gasteiger partial charge on any atom is 0.322 e. The summed E-state index contributed by atoms with van der Waals surface area (Å²) in [7, 11) is 0. The number of hydrogen-bond acceptors (Lipinski definition) is 9. The normalized spacial score (nSPS) is 21.2. The number of β-amino-alcohol motifs (C(OH)–C–C–N with tert-alkyl or cyclic N) is 1. The monoisotopic (exact) mass is 597 g/mol. The van der Waals surface area contributed by atoms with Crippen molar-refractivity contribution in [1.82, 2.24) is 20.4 Å². The molecule has 0 spiro atoms. The van der Waals surface area contributed by atoms with Gasteiger partial charge in [-0.05, 0) is 38.5 Å². The number of carbonyl (C=O) groups is 5. The van der Waals surface area contributed by atoms with Crippen molar-refractivity contribution < 1.29 is 34.2 Å². The van der Waals surface area contributed by atoms with E-state index in [1.54, 1.807) is 0 Å². The molecule has 2 aliphatic heterocycles. The summed E-state index contributed by atoms with van der Waals surface area (Å²) in [5.41, 5.74) is 27.4. The van der Waals surface area contributed by atoms with E-state index in [1.165, 1.54) is 9.80 Å². The predicted octanol–water partition coefficient (Wildman–Crippen LogP) is -4.94. The van der Waals surface area contributed by atoms with E-state index < -0.39 is 66.4 Å². The Morgan fingerprint density at radius 3 is 2.14 bits per heavy atom. The van der Waals surface area contributed by atoms with Crippen molar-refractivity contribution in [2.45, 2.75) is 75.2 Å². The molecular formula is C24H43N11O7. The molecule has 2 rings (SSSR count). The Bertz CT molecular complexity index is 1050. The Morgan fingerprint density at radius 1 is 0.929 bits per heavy atom. The lowest BCUT2D eigenvalue weighted by atomic mass is 10.1. The second-order valence-electron chi connectivity index (χ2n) is 10.3. The summed E-state index contributed by atoms with van der Waals surface area (Å²) in [6.45, 7) is -0.0720. The molecule has 0 unspecified atom stereocenters. The van der Waals surface area contributed by atoms with E-state index in [4.69, 9.17) is 33.8 Å². The number of carbonyl (C=O) groups excluding carboxylic acids is 4. The number of likely N-dealkylation sites (tertiary alicyclic amines) is 2. The van der Waals surface area contributed by atoms with Crippen LogP contribution in [0, 0.1) is 0 Å². The van der Waals surface area contributed by atoms with E-state index in [9.17, 15) is 29.1 Å². The zero-order valence-electron chi connectivity index (χ0n) is 23.5. The topological polar surface area (TPSA) is 311 Å². The van der Waals surface area contributed by atoms with Crippen LogP contribution in [0.5, 0.6) is 0 Å². The number of aliphatic carboxylic acids is 1. The molecule has 5 atom stereocenters. The summed E-state index contributed by atoms with van der Waals surface area (Å²) >= 11 is 0. The van der Waals surface area contributed by atoms with Crippen molar-refractivity contribution in [2.75, 3.05) is 32.7 Å². The van der Waals surface area contributed by atoms with Gasteiger partial charge < -0.3 is 59.3 Å². The molecule has 18 heteroatoms. The van der Waals surface area contributed by atoms with Crippen LogP contribution in [0.3, 0.4) is 0 Å². The highest BCUT2D eigenvalue weighted by molar-refractivity contribution is 5.96. The minimum Gasteiger partial charge on any atom is -0.480 e. The van der Waals surface area contributed by atoms with E-state index in [-0.39, 0.29) is 57.4 Å². The summed E-state index contributed by atoms with van der Waals surface area (Å²) < 4.78 is 0. The SMILES string of the molecule is NC(N)=NCCC[C@H](NC(=O)[C@@H](N)CCCN=C(N)N)C(=O)N1CCC[C@H]1C(=O)N1C[C@H](O)C[C@H]1C(=O)NCC(=O)O. The first-order valence-corrected chi connectivity index (χ1v) is 13.8. The first kappa shape index (κ1) is 34.0. The largest absolute Gasteiger partial charge is 0.480 e. The fourth-order valence-electron chi connectivity index (χ4n) is 4.96. The van der Waals surface area contributed by atoms with Crippen LogP contribution in [0.25, 0.3) is 0 Å². The third kappa shape index (κ3) is 10.3. The number of nitrogens with one attached hydrogen (secondary N) is 2. The molecule has 0 aliphatic carbocycles. The van der Waals surface area contributed by atoms with Crippen molar-refractivity contribution >= 4 is 41.5 Å². The Morgan fingerprint density at radius 2 is 1.55 bits per heavy atom. The van der Waals surface area contributed by atoms with Gasteiger partial charge in [-0.25, -0.2) is 0 Å². The van der Waals surface area contributed by atoms with E-state index in [0.717, 1.165) is 0 Å². The van der Waals surface area contributed by atoms with Gasteiger partial charge in [0.2, 0.25) is 23.6 Å². The number of aliphatic hydroxyl groups excluding tert-OH is 1. The van der Waals surface area contributed by atoms with Gasteiger partial charge in [-0.3, -0.25) is 34.0 Å². The lowest BCUT2D eigenvalue weighted by Crippen LogP contribution is -2.57. The molecule has 4 amide bonds. The highest BCUT2D eigenvalue weighted by Gasteiger charge is 2.45. The molecule has 18 nitrogen and oxygen atoms in total. The summed E-state index contributed by atoms with van der Waals surface area (Å²) in [5.74, 6) is -3.79. The predicted molar refractivity (Wildman–Crippen MR) is 151 cm³/mol. The van der Waals surface area contributed by atoms with Crippen molar-refractivity contribution in [3.05, 3.63) is 0 Å². The van der Waals surface area contributed by atoms with Crippen molar-refractivity contribution in [2.24, 2.45) is 38.7 Å². The highest BCUT2D eigenvalue weighted by Crippen LogP contribution is 2.26. The average molecular weight is 598 g/mol. The maximum absolute atomic E-state index is 13.7. The van der Waals surface area contributed by atoms with Gasteiger partial charge in [0.1, 0.15) is 24.7 Å². The minimum absolute atomic E-state index is 0.0671. The summed E-state index contributed by atoms with van der Waals surface area (Å²) in [4.78, 5) is 73.9. The molecule has 14 N–H and O–H groups in total. The highest BCUT2D eigenvalue weighted by atomic mass is 16.4. The van der Waals surface area contributed by atoms with E-state index in [0.29, 0.717) is 25.7 Å². The first-order valence-electron chi connectivity index (χ1n) is 13.8. The van der Waals surface area contributed by atoms with Crippen LogP contribution >= 0.6 is 0 Å². The molecule has 0 aromatic rings. The molecule has 0 aromatic heterocycles. The maximum atomic E-state index is 13.7. The number of aliphatic imine (C=N–C) groups is 2. The first-order chi connectivity index (χ1) is 19.8. The van der Waals surface area contributed by atoms with Gasteiger partial charge in [0, 0.05) is 32.6 Å². The number of amides is 4. The van der Waals surface area contributed by atoms with E-state index >= 15 is 0 Å². The van der Waals surface area contributed by atoms with Gasteiger partial charge in [-0.15, -0.1) is 0 Å². The fraction of sp³-hybridized carbons (Fsp3) is 0.708. The summed E-state index contributed by atoms with van der Waals surface area (Å²) in [6.07, 6.45) is 0.922. The Hall–Kier alpha value is -4.19. The molecule has 2 fully saturated rings. The zero-order valence-corrected chi connectivity index (χ0v) is 23.5. The van der Waals surface area contributed by atoms with Crippen LogP contribution in [0.15, 0.2) is 9.98 Å². The molecule has 2 aliphatic rings. The lowest BCUT2D eigenvalue weighted by molar-refractivity contribution is -0.148. The molecule has 0 aromatic carbocycles. The van der Waals surface area contributed by atoms with Crippen molar-refractivity contribution in [3.8, 4) is 0 Å². The van der Waals surface area contributed by atoms with E-state index in [1.807, 2.05) is 0 Å². The summed E-state index contributed by atoms with van der Waals surface area (Å²) in [6, 6.07) is -4.01. The van der Waals surface area contributed by atoms with Gasteiger partial charge in [0.15, 0.2) is 11.9 Å². The third-order valence-corrected chi connectivity index (χ3v) is 6.96. The Balaban J connectivity index is 2.15. The number of carboxylic acid groups (broad SMARTS) is 1. The number of carboxylic acids is 1. The molecule has 42 heavy (non-hydrogen) atoms. The second-order valence-corrected chi connectivity index (χ2v) is 10.3. The quantitative estimate of drug-likeness (QED) is 0.0487. The number of hydrogen-bond donors (Lipinski definition) is 9. The fourth-order valence-corrected chi connectivity index (χ4v) is 4.96. The second kappa shape index (κ2) is 16.3. The van der Waals surface area contributed by atoms with Crippen LogP contribution < -0.4 is 39.3 Å². The summed E-state index contributed by atoms with van der Waals surface area (Å²) in [5, 5.41) is 24.0. The standard InChI is InChI=1S/C24H43N11O7/c25-14(4-1-7-30-23(26)27)19(39)33-15(5-2-8-31-24(28)29)21(41)34-9-3-6-16(34)22(42)35-12-13(36)10-17(35)20(40)32-11-18(37)38/h13-17,36H,1-12,25H2,(H,32,40)(H,33,39)(H,37,38)(H4,26,27,30)(H4,28,29,31)/t13-,14+,15+,16+,17+/m1/s1. The lowest BCUT2D eigenvalue weighted by Gasteiger charge is -2.33. The Labute approximate surface area is 243 Å². The smallest absolute Gasteiger partial charge is 0.322 e. The minimum atomic E-state index is -1.26. The van der Waals surface area contributed by atoms with E-state index in [2.05, 4.69) is 20.6 Å². The van der Waals surface area contributed by atoms with Crippen molar-refractivity contribution in [1.29, 1.82) is 0 Å². The van der Waals surface area contributed by atoms with Gasteiger partial charge in [-0.1, -0.05) is 0 Å². The van der Waals surface area contributed by atoms with Crippen LogP contribution in [-0.2, 0) is 24.0 Å². The Kier molecular flexibility index (Phi) is 13.2. The molecule has 2 saturated heterocycles. The van der Waals surface area contributed by atoms with Crippen LogP contribution in [-0.4, -0.2) is 125 Å². The van der Waals surface area contributed by atoms with Crippen molar-refractivity contribution in [3.63, 3.8) is 0 Å². The number of nitrogens with zero attached hydrogens (tertiary/aromatic N) is 4. The molecule has 236 valence electrons. The van der Waals surface area contributed by atoms with Crippen LogP contribution in [0.1, 0.15) is 44.9 Å². The molecule has 0 radical (unpaired) electrons. The van der Waals surface area contributed by atoms with Crippen LogP contribution in [0.2, 0.25) is 0 Å².